The van der Waals surface area contributed by atoms with Crippen molar-refractivity contribution in [2.45, 2.75) is 6.92 Å². The third-order valence-corrected chi connectivity index (χ3v) is 4.21. The van der Waals surface area contributed by atoms with E-state index in [9.17, 15) is 0 Å². The van der Waals surface area contributed by atoms with Gasteiger partial charge in [-0.2, -0.15) is 4.57 Å². The lowest BCUT2D eigenvalue weighted by Gasteiger charge is -2.16. The Bertz CT molecular complexity index is 866. The van der Waals surface area contributed by atoms with Gasteiger partial charge >= 0.3 is 0 Å². The van der Waals surface area contributed by atoms with E-state index >= 15 is 0 Å². The molecule has 0 spiro atoms. The van der Waals surface area contributed by atoms with Crippen LogP contribution in [0.4, 0.5) is 11.4 Å². The molecule has 1 aromatic heterocycles. The van der Waals surface area contributed by atoms with E-state index in [0.717, 1.165) is 22.1 Å². The molecular formula is C18H23N4+. The predicted molar refractivity (Wildman–Crippen MR) is 93.8 cm³/mol. The number of aromatic nitrogens is 2. The smallest absolute Gasteiger partial charge is 0.233 e. The van der Waals surface area contributed by atoms with Crippen molar-refractivity contribution in [2.75, 3.05) is 38.0 Å². The molecule has 0 fully saturated rings. The fraction of sp³-hybridized carbons (Fsp3) is 0.333. The molecule has 3 rings (SSSR count). The molecule has 114 valence electrons. The van der Waals surface area contributed by atoms with Crippen molar-refractivity contribution in [3.8, 4) is 0 Å². The second-order valence-electron chi connectivity index (χ2n) is 6.26. The van der Waals surface area contributed by atoms with Crippen molar-refractivity contribution >= 4 is 33.4 Å². The SMILES string of the molecule is Cc1cc2nc3ccc(N(C)C)cc3[n+](C)c2cc1N(C)C. The van der Waals surface area contributed by atoms with Crippen LogP contribution in [-0.2, 0) is 7.05 Å². The summed E-state index contributed by atoms with van der Waals surface area (Å²) in [6, 6.07) is 10.8. The number of nitrogens with zero attached hydrogens (tertiary/aromatic N) is 4. The van der Waals surface area contributed by atoms with Crippen molar-refractivity contribution < 1.29 is 4.57 Å². The minimum absolute atomic E-state index is 1.03. The topological polar surface area (TPSA) is 23.2 Å². The van der Waals surface area contributed by atoms with E-state index in [0.29, 0.717) is 0 Å². The summed E-state index contributed by atoms with van der Waals surface area (Å²) >= 11 is 0. The Morgan fingerprint density at radius 3 is 2.18 bits per heavy atom. The van der Waals surface area contributed by atoms with Gasteiger partial charge in [-0.1, -0.05) is 0 Å². The van der Waals surface area contributed by atoms with E-state index < -0.39 is 0 Å². The Balaban J connectivity index is 2.37. The summed E-state index contributed by atoms with van der Waals surface area (Å²) in [7, 11) is 10.4. The third kappa shape index (κ3) is 2.25. The van der Waals surface area contributed by atoms with Gasteiger partial charge < -0.3 is 9.80 Å². The van der Waals surface area contributed by atoms with Crippen LogP contribution in [0.15, 0.2) is 30.3 Å². The molecule has 0 radical (unpaired) electrons. The van der Waals surface area contributed by atoms with Gasteiger partial charge in [0.2, 0.25) is 11.0 Å². The Morgan fingerprint density at radius 1 is 0.864 bits per heavy atom. The molecule has 0 aliphatic carbocycles. The maximum atomic E-state index is 4.84. The maximum Gasteiger partial charge on any atom is 0.233 e. The molecule has 0 aliphatic heterocycles. The van der Waals surface area contributed by atoms with Crippen LogP contribution >= 0.6 is 0 Å². The van der Waals surface area contributed by atoms with Gasteiger partial charge in [0.15, 0.2) is 0 Å². The molecular weight excluding hydrogens is 272 g/mol. The summed E-state index contributed by atoms with van der Waals surface area (Å²) in [5.41, 5.74) is 8.02. The Labute approximate surface area is 131 Å². The minimum Gasteiger partial charge on any atom is -0.377 e. The number of aryl methyl sites for hydroxylation is 2. The molecule has 0 aliphatic rings. The van der Waals surface area contributed by atoms with E-state index in [4.69, 9.17) is 4.98 Å². The highest BCUT2D eigenvalue weighted by Crippen LogP contribution is 2.25. The fourth-order valence-corrected chi connectivity index (χ4v) is 2.92. The molecule has 0 saturated heterocycles. The van der Waals surface area contributed by atoms with Crippen LogP contribution in [0.1, 0.15) is 5.56 Å². The summed E-state index contributed by atoms with van der Waals surface area (Å²) in [5, 5.41) is 0. The van der Waals surface area contributed by atoms with E-state index in [1.807, 2.05) is 0 Å². The zero-order valence-electron chi connectivity index (χ0n) is 14.2. The molecule has 0 N–H and O–H groups in total. The van der Waals surface area contributed by atoms with Crippen LogP contribution in [0.5, 0.6) is 0 Å². The van der Waals surface area contributed by atoms with Crippen LogP contribution in [0.2, 0.25) is 0 Å². The van der Waals surface area contributed by atoms with Gasteiger partial charge in [-0.05, 0) is 30.7 Å². The van der Waals surface area contributed by atoms with Gasteiger partial charge in [-0.3, -0.25) is 0 Å². The third-order valence-electron chi connectivity index (χ3n) is 4.21. The first-order valence-electron chi connectivity index (χ1n) is 7.47. The Hall–Kier alpha value is -2.36. The number of anilines is 2. The molecule has 0 bridgehead atoms. The number of hydrogen-bond acceptors (Lipinski definition) is 3. The van der Waals surface area contributed by atoms with Crippen molar-refractivity contribution in [2.24, 2.45) is 7.05 Å². The normalized spacial score (nSPS) is 11.2. The summed E-state index contributed by atoms with van der Waals surface area (Å²) < 4.78 is 2.23. The number of rotatable bonds is 2. The Kier molecular flexibility index (Phi) is 3.39. The van der Waals surface area contributed by atoms with Crippen molar-refractivity contribution in [3.05, 3.63) is 35.9 Å². The van der Waals surface area contributed by atoms with Gasteiger partial charge in [0.25, 0.3) is 0 Å². The Morgan fingerprint density at radius 2 is 1.55 bits per heavy atom. The predicted octanol–water partition coefficient (Wildman–Crippen LogP) is 2.65. The highest BCUT2D eigenvalue weighted by molar-refractivity contribution is 5.86. The molecule has 0 saturated carbocycles. The quantitative estimate of drug-likeness (QED) is 0.536. The molecule has 4 nitrogen and oxygen atoms in total. The minimum atomic E-state index is 1.03. The first kappa shape index (κ1) is 14.6. The van der Waals surface area contributed by atoms with Gasteiger partial charge in [-0.25, -0.2) is 4.98 Å². The number of hydrogen-bond donors (Lipinski definition) is 0. The molecule has 4 heteroatoms. The highest BCUT2D eigenvalue weighted by atomic mass is 15.1. The molecule has 0 unspecified atom stereocenters. The largest absolute Gasteiger partial charge is 0.377 e. The lowest BCUT2D eigenvalue weighted by Crippen LogP contribution is -2.31. The lowest BCUT2D eigenvalue weighted by molar-refractivity contribution is -0.617. The summed E-state index contributed by atoms with van der Waals surface area (Å²) in [6.45, 7) is 2.13. The monoisotopic (exact) mass is 295 g/mol. The van der Waals surface area contributed by atoms with E-state index in [2.05, 4.69) is 86.9 Å². The fourth-order valence-electron chi connectivity index (χ4n) is 2.92. The summed E-state index contributed by atoms with van der Waals surface area (Å²) in [6.07, 6.45) is 0. The molecule has 22 heavy (non-hydrogen) atoms. The van der Waals surface area contributed by atoms with E-state index in [-0.39, 0.29) is 0 Å². The van der Waals surface area contributed by atoms with Gasteiger partial charge in [-0.15, -0.1) is 0 Å². The lowest BCUT2D eigenvalue weighted by atomic mass is 10.1. The zero-order chi connectivity index (χ0) is 16.0. The van der Waals surface area contributed by atoms with E-state index in [1.54, 1.807) is 0 Å². The standard InChI is InChI=1S/C18H23N4/c1-12-9-15-18(11-16(12)21(4)5)22(6)17-10-13(20(2)3)7-8-14(17)19-15/h7-11H,1-6H3/q+1. The average Bonchev–Trinajstić information content (AvgIpc) is 2.46. The molecule has 2 aromatic carbocycles. The average molecular weight is 295 g/mol. The summed E-state index contributed by atoms with van der Waals surface area (Å²) in [5.74, 6) is 0. The first-order chi connectivity index (χ1) is 10.4. The van der Waals surface area contributed by atoms with Crippen LogP contribution in [0.25, 0.3) is 22.1 Å². The maximum absolute atomic E-state index is 4.84. The van der Waals surface area contributed by atoms with Crippen LogP contribution < -0.4 is 14.4 Å². The second kappa shape index (κ2) is 5.13. The van der Waals surface area contributed by atoms with Crippen molar-refractivity contribution in [1.29, 1.82) is 0 Å². The number of fused-ring (bicyclic) bond motifs is 2. The van der Waals surface area contributed by atoms with Crippen LogP contribution in [-0.4, -0.2) is 33.2 Å². The van der Waals surface area contributed by atoms with Gasteiger partial charge in [0.05, 0.1) is 0 Å². The molecule has 0 atom stereocenters. The molecule has 3 aromatic rings. The van der Waals surface area contributed by atoms with Crippen molar-refractivity contribution in [3.63, 3.8) is 0 Å². The van der Waals surface area contributed by atoms with Gasteiger partial charge in [0.1, 0.15) is 18.1 Å². The highest BCUT2D eigenvalue weighted by Gasteiger charge is 2.16. The van der Waals surface area contributed by atoms with Crippen LogP contribution in [0.3, 0.4) is 0 Å². The number of benzene rings is 2. The zero-order valence-corrected chi connectivity index (χ0v) is 14.2. The second-order valence-corrected chi connectivity index (χ2v) is 6.26. The molecule has 1 heterocycles. The molecule has 0 amide bonds. The first-order valence-corrected chi connectivity index (χ1v) is 7.47. The van der Waals surface area contributed by atoms with Crippen molar-refractivity contribution in [1.82, 2.24) is 4.98 Å². The van der Waals surface area contributed by atoms with E-state index in [1.165, 1.54) is 16.9 Å². The van der Waals surface area contributed by atoms with Crippen LogP contribution in [0, 0.1) is 6.92 Å². The summed E-state index contributed by atoms with van der Waals surface area (Å²) in [4.78, 5) is 9.11. The van der Waals surface area contributed by atoms with Gasteiger partial charge in [0, 0.05) is 51.7 Å².